The van der Waals surface area contributed by atoms with Crippen molar-refractivity contribution in [2.24, 2.45) is 0 Å². The van der Waals surface area contributed by atoms with E-state index in [4.69, 9.17) is 11.6 Å². The average Bonchev–Trinajstić information content (AvgIpc) is 3.05. The van der Waals surface area contributed by atoms with Crippen LogP contribution >= 0.6 is 11.6 Å². The first-order chi connectivity index (χ1) is 12.2. The molecule has 0 unspecified atom stereocenters. The second-order valence-electron chi connectivity index (χ2n) is 7.16. The molecule has 0 aliphatic rings. The van der Waals surface area contributed by atoms with Gasteiger partial charge in [-0.3, -0.25) is 9.48 Å². The molecule has 0 aliphatic heterocycles. The first-order valence-corrected chi connectivity index (χ1v) is 9.16. The predicted molar refractivity (Wildman–Crippen MR) is 106 cm³/mol. The van der Waals surface area contributed by atoms with Crippen molar-refractivity contribution in [1.29, 1.82) is 0 Å². The van der Waals surface area contributed by atoms with Crippen LogP contribution in [0.15, 0.2) is 18.2 Å². The highest BCUT2D eigenvalue weighted by Gasteiger charge is 2.21. The number of aromatic nitrogens is 3. The van der Waals surface area contributed by atoms with Gasteiger partial charge < -0.3 is 9.88 Å². The zero-order valence-corrected chi connectivity index (χ0v) is 16.9. The summed E-state index contributed by atoms with van der Waals surface area (Å²) in [5, 5.41) is 6.26. The van der Waals surface area contributed by atoms with E-state index in [-0.39, 0.29) is 5.91 Å². The van der Waals surface area contributed by atoms with Crippen LogP contribution in [0.2, 0.25) is 5.02 Å². The molecule has 0 aliphatic carbocycles. The Balaban J connectivity index is 1.91. The zero-order valence-electron chi connectivity index (χ0n) is 16.1. The van der Waals surface area contributed by atoms with E-state index in [1.807, 2.05) is 43.8 Å². The highest BCUT2D eigenvalue weighted by Crippen LogP contribution is 2.26. The van der Waals surface area contributed by atoms with Crippen LogP contribution in [0.4, 0.5) is 0 Å². The zero-order chi connectivity index (χ0) is 19.2. The van der Waals surface area contributed by atoms with Crippen molar-refractivity contribution in [3.8, 4) is 0 Å². The van der Waals surface area contributed by atoms with Crippen molar-refractivity contribution in [2.75, 3.05) is 7.05 Å². The lowest BCUT2D eigenvalue weighted by molar-refractivity contribution is 0.0779. The van der Waals surface area contributed by atoms with Crippen molar-refractivity contribution >= 4 is 28.4 Å². The molecule has 6 heteroatoms. The topological polar surface area (TPSA) is 53.9 Å². The van der Waals surface area contributed by atoms with Gasteiger partial charge in [0.1, 0.15) is 5.69 Å². The Hall–Kier alpha value is -2.27. The molecule has 0 bridgehead atoms. The summed E-state index contributed by atoms with van der Waals surface area (Å²) < 4.78 is 2.01. The van der Waals surface area contributed by atoms with E-state index in [1.165, 1.54) is 0 Å². The molecule has 0 spiro atoms. The Kier molecular flexibility index (Phi) is 4.84. The summed E-state index contributed by atoms with van der Waals surface area (Å²) in [5.41, 5.74) is 5.63. The number of fused-ring (bicyclic) bond motifs is 1. The quantitative estimate of drug-likeness (QED) is 0.715. The maximum absolute atomic E-state index is 13.0. The molecule has 0 radical (unpaired) electrons. The Morgan fingerprint density at radius 3 is 2.62 bits per heavy atom. The fourth-order valence-electron chi connectivity index (χ4n) is 3.44. The number of benzene rings is 1. The summed E-state index contributed by atoms with van der Waals surface area (Å²) in [6.45, 7) is 10.7. The smallest absolute Gasteiger partial charge is 0.270 e. The Bertz CT molecular complexity index is 984. The summed E-state index contributed by atoms with van der Waals surface area (Å²) in [5.74, 6) is -0.0362. The van der Waals surface area contributed by atoms with Crippen LogP contribution in [0.1, 0.15) is 52.9 Å². The number of rotatable bonds is 4. The van der Waals surface area contributed by atoms with Gasteiger partial charge in [0.25, 0.3) is 5.91 Å². The van der Waals surface area contributed by atoms with Crippen molar-refractivity contribution in [2.45, 2.75) is 47.2 Å². The highest BCUT2D eigenvalue weighted by molar-refractivity contribution is 6.31. The van der Waals surface area contributed by atoms with Crippen LogP contribution in [-0.2, 0) is 6.54 Å². The maximum Gasteiger partial charge on any atom is 0.270 e. The van der Waals surface area contributed by atoms with E-state index in [0.29, 0.717) is 23.3 Å². The summed E-state index contributed by atoms with van der Waals surface area (Å²) in [4.78, 5) is 18.0. The number of hydrogen-bond donors (Lipinski definition) is 1. The van der Waals surface area contributed by atoms with E-state index < -0.39 is 0 Å². The fraction of sp³-hybridized carbons (Fsp3) is 0.400. The molecular weight excluding hydrogens is 348 g/mol. The minimum Gasteiger partial charge on any atom is -0.350 e. The van der Waals surface area contributed by atoms with Crippen LogP contribution in [0.3, 0.4) is 0 Å². The summed E-state index contributed by atoms with van der Waals surface area (Å²) in [6.07, 6.45) is 0. The van der Waals surface area contributed by atoms with E-state index in [9.17, 15) is 4.79 Å². The van der Waals surface area contributed by atoms with Crippen LogP contribution in [0.5, 0.6) is 0 Å². The van der Waals surface area contributed by atoms with Gasteiger partial charge in [-0.15, -0.1) is 0 Å². The predicted octanol–water partition coefficient (Wildman–Crippen LogP) is 4.80. The van der Waals surface area contributed by atoms with Crippen LogP contribution in [-0.4, -0.2) is 32.6 Å². The third kappa shape index (κ3) is 3.12. The number of nitrogens with zero attached hydrogens (tertiary/aromatic N) is 3. The molecule has 138 valence electrons. The lowest BCUT2D eigenvalue weighted by atomic mass is 10.1. The van der Waals surface area contributed by atoms with Crippen molar-refractivity contribution in [3.63, 3.8) is 0 Å². The molecular formula is C20H25ClN4O. The molecule has 1 aromatic carbocycles. The number of amides is 1. The Morgan fingerprint density at radius 1 is 1.31 bits per heavy atom. The first-order valence-electron chi connectivity index (χ1n) is 8.78. The van der Waals surface area contributed by atoms with E-state index in [0.717, 1.165) is 33.4 Å². The molecule has 2 heterocycles. The van der Waals surface area contributed by atoms with Gasteiger partial charge in [0.2, 0.25) is 0 Å². The van der Waals surface area contributed by atoms with E-state index in [2.05, 4.69) is 30.9 Å². The van der Waals surface area contributed by atoms with Gasteiger partial charge in [-0.25, -0.2) is 0 Å². The third-order valence-corrected chi connectivity index (χ3v) is 5.18. The minimum atomic E-state index is -0.0362. The molecule has 2 aromatic heterocycles. The van der Waals surface area contributed by atoms with Gasteiger partial charge in [-0.1, -0.05) is 11.6 Å². The molecule has 0 saturated carbocycles. The van der Waals surface area contributed by atoms with Crippen LogP contribution in [0, 0.1) is 20.8 Å². The fourth-order valence-corrected chi connectivity index (χ4v) is 3.61. The number of hydrogen-bond acceptors (Lipinski definition) is 2. The van der Waals surface area contributed by atoms with Gasteiger partial charge in [-0.05, 0) is 58.4 Å². The van der Waals surface area contributed by atoms with Gasteiger partial charge in [0.15, 0.2) is 0 Å². The highest BCUT2D eigenvalue weighted by atomic mass is 35.5. The molecule has 3 aromatic rings. The Labute approximate surface area is 158 Å². The summed E-state index contributed by atoms with van der Waals surface area (Å²) in [7, 11) is 1.83. The molecule has 1 amide bonds. The van der Waals surface area contributed by atoms with Crippen LogP contribution < -0.4 is 0 Å². The van der Waals surface area contributed by atoms with E-state index >= 15 is 0 Å². The van der Waals surface area contributed by atoms with E-state index in [1.54, 1.807) is 4.90 Å². The first kappa shape index (κ1) is 18.5. The van der Waals surface area contributed by atoms with Crippen molar-refractivity contribution in [3.05, 3.63) is 51.4 Å². The third-order valence-electron chi connectivity index (χ3n) is 4.94. The number of carbonyl (C=O) groups is 1. The number of aromatic amines is 1. The average molecular weight is 373 g/mol. The van der Waals surface area contributed by atoms with Crippen LogP contribution in [0.25, 0.3) is 10.9 Å². The van der Waals surface area contributed by atoms with Gasteiger partial charge in [-0.2, -0.15) is 5.10 Å². The summed E-state index contributed by atoms with van der Waals surface area (Å²) in [6, 6.07) is 5.91. The molecule has 0 atom stereocenters. The lowest BCUT2D eigenvalue weighted by Gasteiger charge is -2.18. The molecule has 0 fully saturated rings. The second-order valence-corrected chi connectivity index (χ2v) is 7.60. The number of aryl methyl sites for hydroxylation is 2. The van der Waals surface area contributed by atoms with Gasteiger partial charge in [0.05, 0.1) is 5.69 Å². The monoisotopic (exact) mass is 372 g/mol. The number of carbonyl (C=O) groups excluding carboxylic acids is 1. The Morgan fingerprint density at radius 2 is 2.00 bits per heavy atom. The normalized spacial score (nSPS) is 11.5. The second kappa shape index (κ2) is 6.80. The van der Waals surface area contributed by atoms with Crippen molar-refractivity contribution < 1.29 is 4.79 Å². The number of halogens is 1. The molecule has 3 rings (SSSR count). The summed E-state index contributed by atoms with van der Waals surface area (Å²) >= 11 is 6.09. The van der Waals surface area contributed by atoms with Crippen molar-refractivity contribution in [1.82, 2.24) is 19.7 Å². The molecule has 26 heavy (non-hydrogen) atoms. The molecule has 0 saturated heterocycles. The maximum atomic E-state index is 13.0. The molecule has 1 N–H and O–H groups in total. The standard InChI is InChI=1S/C20H25ClN4O/c1-11(2)25-14(5)17(13(4)23-25)10-24(6)20(26)19-12(3)16-9-15(21)7-8-18(16)22-19/h7-9,11,22H,10H2,1-6H3. The largest absolute Gasteiger partial charge is 0.350 e. The van der Waals surface area contributed by atoms with Gasteiger partial charge in [0, 0.05) is 46.8 Å². The minimum absolute atomic E-state index is 0.0362. The van der Waals surface area contributed by atoms with Gasteiger partial charge >= 0.3 is 0 Å². The lowest BCUT2D eigenvalue weighted by Crippen LogP contribution is -2.27. The number of H-pyrrole nitrogens is 1. The SMILES string of the molecule is Cc1nn(C(C)C)c(C)c1CN(C)C(=O)c1[nH]c2ccc(Cl)cc2c1C. The number of nitrogens with one attached hydrogen (secondary N) is 1. The molecule has 5 nitrogen and oxygen atoms in total.